The summed E-state index contributed by atoms with van der Waals surface area (Å²) in [6, 6.07) is 17.6. The molecular weight excluding hydrogens is 433 g/mol. The van der Waals surface area contributed by atoms with Gasteiger partial charge in [0, 0.05) is 10.6 Å². The van der Waals surface area contributed by atoms with E-state index >= 15 is 0 Å². The van der Waals surface area contributed by atoms with E-state index < -0.39 is 0 Å². The van der Waals surface area contributed by atoms with Gasteiger partial charge >= 0.3 is 0 Å². The summed E-state index contributed by atoms with van der Waals surface area (Å²) in [4.78, 5) is 12.7. The fourth-order valence-electron chi connectivity index (χ4n) is 2.61. The highest BCUT2D eigenvalue weighted by Crippen LogP contribution is 2.37. The van der Waals surface area contributed by atoms with Gasteiger partial charge in [0.15, 0.2) is 11.5 Å². The van der Waals surface area contributed by atoms with E-state index in [9.17, 15) is 4.79 Å². The Kier molecular flexibility index (Phi) is 7.26. The highest BCUT2D eigenvalue weighted by Gasteiger charge is 2.17. The van der Waals surface area contributed by atoms with Crippen LogP contribution in [0.25, 0.3) is 0 Å². The molecular formula is C22H18Cl3NO3. The molecule has 0 aliphatic carbocycles. The molecule has 0 saturated heterocycles. The van der Waals surface area contributed by atoms with Gasteiger partial charge in [0.05, 0.1) is 22.3 Å². The van der Waals surface area contributed by atoms with E-state index in [2.05, 4.69) is 5.32 Å². The van der Waals surface area contributed by atoms with Crippen molar-refractivity contribution in [1.82, 2.24) is 0 Å². The van der Waals surface area contributed by atoms with Crippen LogP contribution >= 0.6 is 34.8 Å². The highest BCUT2D eigenvalue weighted by atomic mass is 35.5. The summed E-state index contributed by atoms with van der Waals surface area (Å²) in [5.41, 5.74) is 1.74. The predicted molar refractivity (Wildman–Crippen MR) is 118 cm³/mol. The van der Waals surface area contributed by atoms with Crippen molar-refractivity contribution in [2.24, 2.45) is 0 Å². The average molecular weight is 451 g/mol. The maximum absolute atomic E-state index is 12.7. The Labute approximate surface area is 184 Å². The molecule has 0 aliphatic heterocycles. The summed E-state index contributed by atoms with van der Waals surface area (Å²) in [6.45, 7) is 2.57. The van der Waals surface area contributed by atoms with Crippen LogP contribution in [0.2, 0.25) is 15.1 Å². The second-order valence-electron chi connectivity index (χ2n) is 6.07. The van der Waals surface area contributed by atoms with E-state index in [-0.39, 0.29) is 10.9 Å². The largest absolute Gasteiger partial charge is 0.488 e. The van der Waals surface area contributed by atoms with Gasteiger partial charge in [-0.2, -0.15) is 0 Å². The number of benzene rings is 3. The molecule has 7 heteroatoms. The maximum Gasteiger partial charge on any atom is 0.255 e. The zero-order chi connectivity index (χ0) is 20.8. The monoisotopic (exact) mass is 449 g/mol. The number of rotatable bonds is 7. The van der Waals surface area contributed by atoms with Gasteiger partial charge in [-0.1, -0.05) is 65.1 Å². The van der Waals surface area contributed by atoms with Crippen molar-refractivity contribution in [3.05, 3.63) is 86.9 Å². The lowest BCUT2D eigenvalue weighted by atomic mass is 10.1. The van der Waals surface area contributed by atoms with Crippen molar-refractivity contribution in [3.8, 4) is 11.5 Å². The molecule has 0 radical (unpaired) electrons. The molecule has 0 spiro atoms. The Morgan fingerprint density at radius 1 is 0.931 bits per heavy atom. The number of ether oxygens (including phenoxy) is 2. The molecule has 0 bridgehead atoms. The van der Waals surface area contributed by atoms with Crippen molar-refractivity contribution < 1.29 is 14.3 Å². The summed E-state index contributed by atoms with van der Waals surface area (Å²) in [6.07, 6.45) is 0. The average Bonchev–Trinajstić information content (AvgIpc) is 2.71. The Hall–Kier alpha value is -2.40. The summed E-state index contributed by atoms with van der Waals surface area (Å²) >= 11 is 18.4. The number of carbonyl (C=O) groups is 1. The molecule has 1 amide bonds. The van der Waals surface area contributed by atoms with Crippen LogP contribution in [0, 0.1) is 0 Å². The topological polar surface area (TPSA) is 47.6 Å². The van der Waals surface area contributed by atoms with Crippen molar-refractivity contribution in [2.45, 2.75) is 13.5 Å². The van der Waals surface area contributed by atoms with Gasteiger partial charge in [0.25, 0.3) is 5.91 Å². The van der Waals surface area contributed by atoms with Crippen LogP contribution in [-0.2, 0) is 6.61 Å². The number of hydrogen-bond donors (Lipinski definition) is 1. The molecule has 150 valence electrons. The molecule has 3 aromatic rings. The lowest BCUT2D eigenvalue weighted by Crippen LogP contribution is -2.13. The lowest BCUT2D eigenvalue weighted by molar-refractivity contribution is 0.102. The minimum Gasteiger partial charge on any atom is -0.488 e. The number of amides is 1. The molecule has 0 saturated carbocycles. The molecule has 0 fully saturated rings. The molecule has 1 N–H and O–H groups in total. The fourth-order valence-corrected chi connectivity index (χ4v) is 3.33. The van der Waals surface area contributed by atoms with E-state index in [1.54, 1.807) is 24.3 Å². The number of halogens is 3. The van der Waals surface area contributed by atoms with Crippen LogP contribution in [0.4, 0.5) is 5.69 Å². The van der Waals surface area contributed by atoms with Crippen LogP contribution in [0.15, 0.2) is 60.7 Å². The zero-order valence-corrected chi connectivity index (χ0v) is 17.8. The lowest BCUT2D eigenvalue weighted by Gasteiger charge is -2.15. The first-order valence-electron chi connectivity index (χ1n) is 8.87. The van der Waals surface area contributed by atoms with E-state index in [1.807, 2.05) is 37.3 Å². The molecule has 29 heavy (non-hydrogen) atoms. The number of hydrogen-bond acceptors (Lipinski definition) is 3. The van der Waals surface area contributed by atoms with Crippen LogP contribution in [0.1, 0.15) is 22.8 Å². The Bertz CT molecular complexity index is 1010. The fraction of sp³-hybridized carbons (Fsp3) is 0.136. The van der Waals surface area contributed by atoms with E-state index in [4.69, 9.17) is 44.3 Å². The highest BCUT2D eigenvalue weighted by molar-refractivity contribution is 6.37. The number of anilines is 1. The van der Waals surface area contributed by atoms with Crippen molar-refractivity contribution in [2.75, 3.05) is 11.9 Å². The van der Waals surface area contributed by atoms with Crippen molar-refractivity contribution >= 4 is 46.4 Å². The zero-order valence-electron chi connectivity index (χ0n) is 15.5. The van der Waals surface area contributed by atoms with E-state index in [0.717, 1.165) is 5.56 Å². The first-order valence-corrected chi connectivity index (χ1v) is 10.0. The summed E-state index contributed by atoms with van der Waals surface area (Å²) in [5, 5.41) is 3.85. The quantitative estimate of drug-likeness (QED) is 0.427. The second-order valence-corrected chi connectivity index (χ2v) is 7.32. The Balaban J connectivity index is 1.86. The van der Waals surface area contributed by atoms with E-state index in [0.29, 0.717) is 46.0 Å². The molecule has 0 unspecified atom stereocenters. The Morgan fingerprint density at radius 3 is 2.38 bits per heavy atom. The third-order valence-corrected chi connectivity index (χ3v) is 4.81. The summed E-state index contributed by atoms with van der Waals surface area (Å²) in [7, 11) is 0. The van der Waals surface area contributed by atoms with Crippen LogP contribution in [0.5, 0.6) is 11.5 Å². The standard InChI is InChI=1S/C22H18Cl3NO3/c1-2-28-21-18(25)10-15(11-20(21)29-13-14-6-4-3-5-7-14)22(27)26-19-9-8-16(23)12-17(19)24/h3-12H,2,13H2,1H3,(H,26,27). The third-order valence-electron chi connectivity index (χ3n) is 3.98. The molecule has 0 heterocycles. The maximum atomic E-state index is 12.7. The first-order chi connectivity index (χ1) is 14.0. The Morgan fingerprint density at radius 2 is 1.69 bits per heavy atom. The summed E-state index contributed by atoms with van der Waals surface area (Å²) < 4.78 is 11.5. The SMILES string of the molecule is CCOc1c(Cl)cc(C(=O)Nc2ccc(Cl)cc2Cl)cc1OCc1ccccc1. The van der Waals surface area contributed by atoms with Gasteiger partial charge in [0.1, 0.15) is 6.61 Å². The molecule has 0 atom stereocenters. The summed E-state index contributed by atoms with van der Waals surface area (Å²) in [5.74, 6) is 0.394. The number of carbonyl (C=O) groups excluding carboxylic acids is 1. The smallest absolute Gasteiger partial charge is 0.255 e. The van der Waals surface area contributed by atoms with E-state index in [1.165, 1.54) is 6.07 Å². The van der Waals surface area contributed by atoms with Gasteiger partial charge in [0.2, 0.25) is 0 Å². The van der Waals surface area contributed by atoms with Crippen LogP contribution in [0.3, 0.4) is 0 Å². The van der Waals surface area contributed by atoms with Gasteiger partial charge in [-0.05, 0) is 42.8 Å². The van der Waals surface area contributed by atoms with Gasteiger partial charge < -0.3 is 14.8 Å². The van der Waals surface area contributed by atoms with Gasteiger partial charge in [-0.25, -0.2) is 0 Å². The molecule has 0 aromatic heterocycles. The van der Waals surface area contributed by atoms with Crippen molar-refractivity contribution in [3.63, 3.8) is 0 Å². The van der Waals surface area contributed by atoms with Crippen LogP contribution < -0.4 is 14.8 Å². The second kappa shape index (κ2) is 9.88. The molecule has 3 aromatic carbocycles. The van der Waals surface area contributed by atoms with Gasteiger partial charge in [-0.15, -0.1) is 0 Å². The van der Waals surface area contributed by atoms with Crippen LogP contribution in [-0.4, -0.2) is 12.5 Å². The minimum absolute atomic E-state index is 0.282. The minimum atomic E-state index is -0.385. The predicted octanol–water partition coefficient (Wildman–Crippen LogP) is 6.88. The molecule has 3 rings (SSSR count). The first kappa shape index (κ1) is 21.3. The molecule has 0 aliphatic rings. The normalized spacial score (nSPS) is 10.5. The van der Waals surface area contributed by atoms with Gasteiger partial charge in [-0.3, -0.25) is 4.79 Å². The third kappa shape index (κ3) is 5.57. The number of nitrogens with one attached hydrogen (secondary N) is 1. The van der Waals surface area contributed by atoms with Crippen molar-refractivity contribution in [1.29, 1.82) is 0 Å². The molecule has 4 nitrogen and oxygen atoms in total.